The largest absolute Gasteiger partial charge is 0.341 e. The van der Waals surface area contributed by atoms with Crippen molar-refractivity contribution >= 4 is 41.1 Å². The van der Waals surface area contributed by atoms with Gasteiger partial charge in [0.05, 0.1) is 16.1 Å². The Bertz CT molecular complexity index is 887. The van der Waals surface area contributed by atoms with E-state index in [1.807, 2.05) is 33.9 Å². The molecule has 1 unspecified atom stereocenters. The Hall–Kier alpha value is -1.65. The van der Waals surface area contributed by atoms with Crippen molar-refractivity contribution in [1.82, 2.24) is 14.2 Å². The topological polar surface area (TPSA) is 61.1 Å². The minimum absolute atomic E-state index is 0.0909. The summed E-state index contributed by atoms with van der Waals surface area (Å²) in [5.41, 5.74) is 0.591. The van der Waals surface area contributed by atoms with Crippen LogP contribution in [0.4, 0.5) is 0 Å². The highest BCUT2D eigenvalue weighted by atomic mass is 35.5. The number of aryl methyl sites for hydroxylation is 1. The fourth-order valence-electron chi connectivity index (χ4n) is 3.36. The standard InChI is InChI=1S/C21H24Cl2N4OS/c1-15-7-11-27(12-8-15)21(28)18(9-13-26-10-3-4-16(26)14-24)25-29-19-6-2-5-17(22)20(19)23/h2-6,10,15,18,25H,7-9,11-13H2,1H3. The van der Waals surface area contributed by atoms with Crippen molar-refractivity contribution in [2.45, 2.75) is 43.7 Å². The van der Waals surface area contributed by atoms with Gasteiger partial charge in [0.1, 0.15) is 11.8 Å². The molecule has 1 aliphatic heterocycles. The van der Waals surface area contributed by atoms with E-state index in [0.717, 1.165) is 30.8 Å². The Morgan fingerprint density at radius 1 is 1.31 bits per heavy atom. The number of piperidine rings is 1. The van der Waals surface area contributed by atoms with Gasteiger partial charge in [-0.3, -0.25) is 4.79 Å². The number of nitrogens with one attached hydrogen (secondary N) is 1. The first kappa shape index (κ1) is 22.0. The summed E-state index contributed by atoms with van der Waals surface area (Å²) in [6.07, 6.45) is 4.49. The van der Waals surface area contributed by atoms with Gasteiger partial charge >= 0.3 is 0 Å². The van der Waals surface area contributed by atoms with Gasteiger partial charge in [0.2, 0.25) is 5.91 Å². The fraction of sp³-hybridized carbons (Fsp3) is 0.429. The number of carbonyl (C=O) groups excluding carboxylic acids is 1. The highest BCUT2D eigenvalue weighted by molar-refractivity contribution is 7.97. The van der Waals surface area contributed by atoms with Crippen LogP contribution in [0, 0.1) is 17.2 Å². The molecule has 2 heterocycles. The summed E-state index contributed by atoms with van der Waals surface area (Å²) in [4.78, 5) is 15.9. The molecular formula is C21H24Cl2N4OS. The molecule has 5 nitrogen and oxygen atoms in total. The molecule has 0 bridgehead atoms. The summed E-state index contributed by atoms with van der Waals surface area (Å²) in [5.74, 6) is 0.747. The smallest absolute Gasteiger partial charge is 0.240 e. The Kier molecular flexibility index (Phi) is 7.91. The average molecular weight is 451 g/mol. The Morgan fingerprint density at radius 2 is 2.07 bits per heavy atom. The molecule has 1 aliphatic rings. The van der Waals surface area contributed by atoms with Crippen LogP contribution >= 0.6 is 35.1 Å². The highest BCUT2D eigenvalue weighted by Crippen LogP contribution is 2.32. The zero-order valence-electron chi connectivity index (χ0n) is 16.3. The number of nitrogens with zero attached hydrogens (tertiary/aromatic N) is 3. The zero-order valence-corrected chi connectivity index (χ0v) is 18.6. The van der Waals surface area contributed by atoms with Crippen LogP contribution in [-0.2, 0) is 11.3 Å². The van der Waals surface area contributed by atoms with Gasteiger partial charge in [-0.2, -0.15) is 5.26 Å². The zero-order chi connectivity index (χ0) is 20.8. The lowest BCUT2D eigenvalue weighted by Gasteiger charge is -2.33. The van der Waals surface area contributed by atoms with Crippen molar-refractivity contribution in [3.05, 3.63) is 52.3 Å². The second-order valence-corrected chi connectivity index (χ2v) is 8.98. The molecule has 1 aromatic heterocycles. The number of amides is 1. The van der Waals surface area contributed by atoms with Gasteiger partial charge in [0.15, 0.2) is 0 Å². The van der Waals surface area contributed by atoms with Crippen molar-refractivity contribution in [2.24, 2.45) is 5.92 Å². The first-order chi connectivity index (χ1) is 14.0. The van der Waals surface area contributed by atoms with E-state index < -0.39 is 6.04 Å². The molecule has 0 aliphatic carbocycles. The molecular weight excluding hydrogens is 427 g/mol. The van der Waals surface area contributed by atoms with Crippen LogP contribution in [0.25, 0.3) is 0 Å². The Balaban J connectivity index is 1.70. The second kappa shape index (κ2) is 10.4. The van der Waals surface area contributed by atoms with E-state index in [1.165, 1.54) is 11.9 Å². The molecule has 29 heavy (non-hydrogen) atoms. The molecule has 3 rings (SSSR count). The van der Waals surface area contributed by atoms with Crippen LogP contribution in [0.15, 0.2) is 41.4 Å². The number of hydrogen-bond acceptors (Lipinski definition) is 4. The predicted molar refractivity (Wildman–Crippen MR) is 118 cm³/mol. The number of carbonyl (C=O) groups is 1. The predicted octanol–water partition coefficient (Wildman–Crippen LogP) is 4.98. The van der Waals surface area contributed by atoms with E-state index in [9.17, 15) is 10.1 Å². The van der Waals surface area contributed by atoms with Crippen LogP contribution < -0.4 is 4.72 Å². The minimum atomic E-state index is -0.391. The van der Waals surface area contributed by atoms with Crippen LogP contribution in [0.3, 0.4) is 0 Å². The van der Waals surface area contributed by atoms with E-state index in [2.05, 4.69) is 17.7 Å². The normalized spacial score (nSPS) is 15.9. The number of rotatable bonds is 7. The van der Waals surface area contributed by atoms with E-state index in [0.29, 0.717) is 34.6 Å². The number of nitriles is 1. The van der Waals surface area contributed by atoms with Gasteiger partial charge in [0.25, 0.3) is 0 Å². The number of benzene rings is 1. The SMILES string of the molecule is CC1CCN(C(=O)C(CCn2cccc2C#N)NSc2cccc(Cl)c2Cl)CC1. The molecule has 1 atom stereocenters. The fourth-order valence-corrected chi connectivity index (χ4v) is 4.66. The monoisotopic (exact) mass is 450 g/mol. The van der Waals surface area contributed by atoms with E-state index >= 15 is 0 Å². The van der Waals surface area contributed by atoms with E-state index in [-0.39, 0.29) is 5.91 Å². The molecule has 1 saturated heterocycles. The van der Waals surface area contributed by atoms with Crippen molar-refractivity contribution in [3.8, 4) is 6.07 Å². The molecule has 1 aromatic carbocycles. The van der Waals surface area contributed by atoms with Gasteiger partial charge in [0, 0.05) is 30.7 Å². The average Bonchev–Trinajstić information content (AvgIpc) is 3.18. The van der Waals surface area contributed by atoms with Gasteiger partial charge in [-0.25, -0.2) is 4.72 Å². The number of likely N-dealkylation sites (tertiary alicyclic amines) is 1. The third kappa shape index (κ3) is 5.70. The molecule has 1 fully saturated rings. The van der Waals surface area contributed by atoms with Gasteiger partial charge in [-0.1, -0.05) is 36.2 Å². The molecule has 0 saturated carbocycles. The first-order valence-corrected chi connectivity index (χ1v) is 11.3. The van der Waals surface area contributed by atoms with Crippen LogP contribution in [0.2, 0.25) is 10.0 Å². The maximum absolute atomic E-state index is 13.2. The van der Waals surface area contributed by atoms with Crippen molar-refractivity contribution < 1.29 is 4.79 Å². The van der Waals surface area contributed by atoms with Crippen LogP contribution in [0.1, 0.15) is 31.9 Å². The molecule has 0 radical (unpaired) electrons. The van der Waals surface area contributed by atoms with Gasteiger partial charge in [-0.15, -0.1) is 0 Å². The van der Waals surface area contributed by atoms with Crippen LogP contribution in [0.5, 0.6) is 0 Å². The molecule has 1 N–H and O–H groups in total. The first-order valence-electron chi connectivity index (χ1n) is 9.70. The minimum Gasteiger partial charge on any atom is -0.341 e. The Morgan fingerprint density at radius 3 is 2.79 bits per heavy atom. The molecule has 8 heteroatoms. The Labute approximate surface area is 186 Å². The van der Waals surface area contributed by atoms with Crippen molar-refractivity contribution in [1.29, 1.82) is 5.26 Å². The van der Waals surface area contributed by atoms with E-state index in [4.69, 9.17) is 23.2 Å². The van der Waals surface area contributed by atoms with Gasteiger partial charge < -0.3 is 9.47 Å². The maximum atomic E-state index is 13.2. The lowest BCUT2D eigenvalue weighted by Crippen LogP contribution is -2.47. The van der Waals surface area contributed by atoms with Crippen molar-refractivity contribution in [2.75, 3.05) is 13.1 Å². The van der Waals surface area contributed by atoms with Crippen molar-refractivity contribution in [3.63, 3.8) is 0 Å². The lowest BCUT2D eigenvalue weighted by molar-refractivity contribution is -0.134. The van der Waals surface area contributed by atoms with Gasteiger partial charge in [-0.05, 0) is 61.4 Å². The number of hydrogen-bond donors (Lipinski definition) is 1. The molecule has 1 amide bonds. The third-order valence-corrected chi connectivity index (χ3v) is 7.12. The summed E-state index contributed by atoms with van der Waals surface area (Å²) >= 11 is 13.7. The summed E-state index contributed by atoms with van der Waals surface area (Å²) < 4.78 is 5.17. The molecule has 2 aromatic rings. The number of aromatic nitrogens is 1. The third-order valence-electron chi connectivity index (χ3n) is 5.22. The molecule has 154 valence electrons. The number of halogens is 2. The summed E-state index contributed by atoms with van der Waals surface area (Å²) in [6, 6.07) is 10.8. The molecule has 0 spiro atoms. The maximum Gasteiger partial charge on any atom is 0.240 e. The lowest BCUT2D eigenvalue weighted by atomic mass is 9.98. The second-order valence-electron chi connectivity index (χ2n) is 7.32. The van der Waals surface area contributed by atoms with Crippen LogP contribution in [-0.4, -0.2) is 34.5 Å². The summed E-state index contributed by atoms with van der Waals surface area (Å²) in [7, 11) is 0. The summed E-state index contributed by atoms with van der Waals surface area (Å²) in [6.45, 7) is 4.37. The summed E-state index contributed by atoms with van der Waals surface area (Å²) in [5, 5.41) is 10.2. The quantitative estimate of drug-likeness (QED) is 0.604. The van der Waals surface area contributed by atoms with E-state index in [1.54, 1.807) is 12.1 Å². The highest BCUT2D eigenvalue weighted by Gasteiger charge is 2.27.